The van der Waals surface area contributed by atoms with Gasteiger partial charge in [0.15, 0.2) is 0 Å². The number of amides is 1. The fourth-order valence-electron chi connectivity index (χ4n) is 6.28. The number of hydrogen-bond donors (Lipinski definition) is 2. The maximum Gasteiger partial charge on any atom is 0.326 e. The van der Waals surface area contributed by atoms with E-state index in [0.29, 0.717) is 16.9 Å². The number of nitrogens with one attached hydrogen (secondary N) is 1. The molecule has 0 bridgehead atoms. The summed E-state index contributed by atoms with van der Waals surface area (Å²) in [6.45, 7) is 6.57. The normalized spacial score (nSPS) is 24.7. The molecule has 4 rings (SSSR count). The van der Waals surface area contributed by atoms with Crippen molar-refractivity contribution >= 4 is 27.8 Å². The van der Waals surface area contributed by atoms with Crippen molar-refractivity contribution in [2.45, 2.75) is 77.5 Å². The van der Waals surface area contributed by atoms with Crippen molar-refractivity contribution in [3.05, 3.63) is 58.3 Å². The Bertz CT molecular complexity index is 1100. The molecule has 7 nitrogen and oxygen atoms in total. The molecule has 2 N–H and O–H groups in total. The third kappa shape index (κ3) is 5.85. The molecule has 2 fully saturated rings. The average Bonchev–Trinajstić information content (AvgIpc) is 3.24. The van der Waals surface area contributed by atoms with Gasteiger partial charge in [-0.05, 0) is 51.9 Å². The van der Waals surface area contributed by atoms with Gasteiger partial charge in [-0.15, -0.1) is 0 Å². The Labute approximate surface area is 228 Å². The highest BCUT2D eigenvalue weighted by Crippen LogP contribution is 2.49. The first kappa shape index (κ1) is 27.6. The Balaban J connectivity index is 1.80. The fourth-order valence-corrected chi connectivity index (χ4v) is 6.62. The van der Waals surface area contributed by atoms with E-state index in [9.17, 15) is 14.7 Å². The van der Waals surface area contributed by atoms with Crippen LogP contribution in [-0.2, 0) is 16.1 Å². The highest BCUT2D eigenvalue weighted by Gasteiger charge is 2.58. The maximum atomic E-state index is 14.1. The molecule has 200 valence electrons. The molecule has 4 atom stereocenters. The van der Waals surface area contributed by atoms with Gasteiger partial charge in [-0.3, -0.25) is 4.79 Å². The van der Waals surface area contributed by atoms with E-state index in [1.54, 1.807) is 12.0 Å². The number of likely N-dealkylation sites (tertiary alicyclic amines) is 1. The first-order valence-electron chi connectivity index (χ1n) is 13.2. The summed E-state index contributed by atoms with van der Waals surface area (Å²) >= 11 is 3.45. The van der Waals surface area contributed by atoms with Gasteiger partial charge in [-0.1, -0.05) is 70.4 Å². The molecule has 0 spiro atoms. The van der Waals surface area contributed by atoms with Gasteiger partial charge in [0.1, 0.15) is 16.4 Å². The van der Waals surface area contributed by atoms with Crippen LogP contribution in [0.1, 0.15) is 70.2 Å². The summed E-state index contributed by atoms with van der Waals surface area (Å²) in [5.74, 6) is -0.791. The number of carbonyl (C=O) groups excluding carboxylic acids is 1. The predicted molar refractivity (Wildman–Crippen MR) is 146 cm³/mol. The van der Waals surface area contributed by atoms with Crippen LogP contribution in [0.4, 0.5) is 0 Å². The van der Waals surface area contributed by atoms with Crippen LogP contribution in [0.3, 0.4) is 0 Å². The van der Waals surface area contributed by atoms with Crippen LogP contribution in [0.15, 0.2) is 47.1 Å². The predicted octanol–water partition coefficient (Wildman–Crippen LogP) is 5.59. The number of methoxy groups -OCH3 is 1. The van der Waals surface area contributed by atoms with E-state index < -0.39 is 18.1 Å². The number of hydrogen-bond acceptors (Lipinski definition) is 5. The third-order valence-electron chi connectivity index (χ3n) is 7.89. The highest BCUT2D eigenvalue weighted by atomic mass is 79.9. The first-order chi connectivity index (χ1) is 17.6. The molecule has 1 aliphatic heterocycles. The van der Waals surface area contributed by atoms with Gasteiger partial charge in [-0.2, -0.15) is 0 Å². The van der Waals surface area contributed by atoms with Crippen LogP contribution in [0.5, 0.6) is 5.75 Å². The van der Waals surface area contributed by atoms with Crippen LogP contribution in [0.25, 0.3) is 0 Å². The molecule has 1 saturated carbocycles. The molecule has 8 heteroatoms. The zero-order valence-electron chi connectivity index (χ0n) is 22.1. The molecule has 1 aromatic carbocycles. The second-order valence-corrected chi connectivity index (χ2v) is 12.1. The molecule has 2 heterocycles. The minimum Gasteiger partial charge on any atom is -0.495 e. The van der Waals surface area contributed by atoms with Crippen LogP contribution >= 0.6 is 15.9 Å². The van der Waals surface area contributed by atoms with E-state index in [1.165, 1.54) is 0 Å². The zero-order chi connectivity index (χ0) is 26.7. The average molecular weight is 573 g/mol. The third-order valence-corrected chi connectivity index (χ3v) is 8.33. The Morgan fingerprint density at radius 2 is 1.78 bits per heavy atom. The van der Waals surface area contributed by atoms with Gasteiger partial charge in [0.2, 0.25) is 5.91 Å². The van der Waals surface area contributed by atoms with Crippen molar-refractivity contribution in [3.63, 3.8) is 0 Å². The number of rotatable bonds is 7. The quantitative estimate of drug-likeness (QED) is 0.421. The summed E-state index contributed by atoms with van der Waals surface area (Å²) in [5, 5.41) is 14.2. The molecule has 1 aromatic heterocycles. The van der Waals surface area contributed by atoms with E-state index in [2.05, 4.69) is 47.0 Å². The minimum atomic E-state index is -0.951. The Morgan fingerprint density at radius 1 is 1.11 bits per heavy atom. The lowest BCUT2D eigenvalue weighted by atomic mass is 9.72. The summed E-state index contributed by atoms with van der Waals surface area (Å²) in [7, 11) is 1.61. The van der Waals surface area contributed by atoms with Crippen molar-refractivity contribution in [1.29, 1.82) is 0 Å². The van der Waals surface area contributed by atoms with Crippen LogP contribution in [0.2, 0.25) is 0 Å². The SMILES string of the molecule is COc1ccc(Br)nc1CN[C@H]1[C@H](C(C)(C)C)[C@@H](C(=O)O)N(C(=O)C2CCCCC2)[C@H]1c1ccccc1. The fraction of sp³-hybridized carbons (Fsp3) is 0.552. The molecular weight excluding hydrogens is 534 g/mol. The van der Waals surface area contributed by atoms with Crippen molar-refractivity contribution in [1.82, 2.24) is 15.2 Å². The van der Waals surface area contributed by atoms with Gasteiger partial charge >= 0.3 is 5.97 Å². The lowest BCUT2D eigenvalue weighted by Gasteiger charge is -2.36. The summed E-state index contributed by atoms with van der Waals surface area (Å²) in [5.41, 5.74) is 1.28. The number of aromatic nitrogens is 1. The van der Waals surface area contributed by atoms with Crippen LogP contribution in [-0.4, -0.2) is 46.1 Å². The second kappa shape index (κ2) is 11.5. The van der Waals surface area contributed by atoms with Gasteiger partial charge in [0.25, 0.3) is 0 Å². The molecule has 1 saturated heterocycles. The molecule has 0 unspecified atom stereocenters. The number of nitrogens with zero attached hydrogens (tertiary/aromatic N) is 2. The Kier molecular flexibility index (Phi) is 8.59. The summed E-state index contributed by atoms with van der Waals surface area (Å²) < 4.78 is 6.23. The number of ether oxygens (including phenoxy) is 1. The van der Waals surface area contributed by atoms with E-state index in [0.717, 1.165) is 43.4 Å². The van der Waals surface area contributed by atoms with Gasteiger partial charge < -0.3 is 20.1 Å². The number of aliphatic carboxylic acids is 1. The Hall–Kier alpha value is -2.45. The van der Waals surface area contributed by atoms with Gasteiger partial charge in [-0.25, -0.2) is 9.78 Å². The Morgan fingerprint density at radius 3 is 2.38 bits per heavy atom. The van der Waals surface area contributed by atoms with Crippen LogP contribution in [0, 0.1) is 17.3 Å². The van der Waals surface area contributed by atoms with E-state index in [4.69, 9.17) is 4.74 Å². The van der Waals surface area contributed by atoms with E-state index in [-0.39, 0.29) is 29.2 Å². The molecule has 1 amide bonds. The molecule has 1 aliphatic carbocycles. The number of carboxylic acid groups (broad SMARTS) is 1. The van der Waals surface area contributed by atoms with Crippen molar-refractivity contribution in [2.75, 3.05) is 7.11 Å². The topological polar surface area (TPSA) is 91.8 Å². The molecule has 37 heavy (non-hydrogen) atoms. The minimum absolute atomic E-state index is 0.0299. The first-order valence-corrected chi connectivity index (χ1v) is 14.0. The van der Waals surface area contributed by atoms with Crippen LogP contribution < -0.4 is 10.1 Å². The van der Waals surface area contributed by atoms with Crippen molar-refractivity contribution in [2.24, 2.45) is 17.3 Å². The summed E-state index contributed by atoms with van der Waals surface area (Å²) in [4.78, 5) is 33.4. The smallest absolute Gasteiger partial charge is 0.326 e. The molecule has 2 aromatic rings. The number of carbonyl (C=O) groups is 2. The summed E-state index contributed by atoms with van der Waals surface area (Å²) in [6.07, 6.45) is 4.79. The number of carboxylic acids is 1. The lowest BCUT2D eigenvalue weighted by Crippen LogP contribution is -2.49. The number of pyridine rings is 1. The van der Waals surface area contributed by atoms with Crippen molar-refractivity contribution < 1.29 is 19.4 Å². The van der Waals surface area contributed by atoms with Crippen molar-refractivity contribution in [3.8, 4) is 5.75 Å². The van der Waals surface area contributed by atoms with E-state index >= 15 is 0 Å². The largest absolute Gasteiger partial charge is 0.495 e. The molecule has 0 radical (unpaired) electrons. The number of halogens is 1. The highest BCUT2D eigenvalue weighted by molar-refractivity contribution is 9.10. The summed E-state index contributed by atoms with van der Waals surface area (Å²) in [6, 6.07) is 11.9. The molecular formula is C29H38BrN3O4. The lowest BCUT2D eigenvalue weighted by molar-refractivity contribution is -0.154. The monoisotopic (exact) mass is 571 g/mol. The number of benzene rings is 1. The van der Waals surface area contributed by atoms with E-state index in [1.807, 2.05) is 42.5 Å². The van der Waals surface area contributed by atoms with Gasteiger partial charge in [0, 0.05) is 24.4 Å². The molecule has 2 aliphatic rings. The standard InChI is InChI=1S/C29H38BrN3O4/c1-29(2,3)23-24(31-17-20-21(37-4)15-16-22(30)32-20)25(18-11-7-5-8-12-18)33(26(23)28(35)36)27(34)19-13-9-6-10-14-19/h5,7-8,11-12,15-16,19,23-26,31H,6,9-10,13-14,17H2,1-4H3,(H,35,36)/t23-,24-,25-,26-/m0/s1. The zero-order valence-corrected chi connectivity index (χ0v) is 23.7. The second-order valence-electron chi connectivity index (χ2n) is 11.3. The maximum absolute atomic E-state index is 14.1. The van der Waals surface area contributed by atoms with Gasteiger partial charge in [0.05, 0.1) is 18.8 Å².